The van der Waals surface area contributed by atoms with Crippen LogP contribution in [-0.4, -0.2) is 11.0 Å². The highest BCUT2D eigenvalue weighted by molar-refractivity contribution is 5.89. The predicted molar refractivity (Wildman–Crippen MR) is 80.6 cm³/mol. The number of rotatable bonds is 4. The Morgan fingerprint density at radius 1 is 1.25 bits per heavy atom. The monoisotopic (exact) mass is 269 g/mol. The number of hydrogen-bond donors (Lipinski definition) is 2. The number of urea groups is 1. The molecule has 0 aliphatic carbocycles. The van der Waals surface area contributed by atoms with Crippen molar-refractivity contribution in [2.75, 3.05) is 5.32 Å². The first-order valence-corrected chi connectivity index (χ1v) is 6.75. The summed E-state index contributed by atoms with van der Waals surface area (Å²) in [7, 11) is 0. The van der Waals surface area contributed by atoms with Crippen LogP contribution in [0.15, 0.2) is 48.8 Å². The van der Waals surface area contributed by atoms with E-state index in [0.717, 1.165) is 17.7 Å². The zero-order valence-corrected chi connectivity index (χ0v) is 11.8. The van der Waals surface area contributed by atoms with Crippen LogP contribution in [0.2, 0.25) is 0 Å². The van der Waals surface area contributed by atoms with Crippen molar-refractivity contribution >= 4 is 11.7 Å². The molecule has 1 aromatic carbocycles. The topological polar surface area (TPSA) is 54.0 Å². The van der Waals surface area contributed by atoms with Gasteiger partial charge in [-0.15, -0.1) is 0 Å². The Labute approximate surface area is 119 Å². The van der Waals surface area contributed by atoms with Gasteiger partial charge in [0.15, 0.2) is 0 Å². The van der Waals surface area contributed by atoms with Crippen LogP contribution in [0.3, 0.4) is 0 Å². The third-order valence-electron chi connectivity index (χ3n) is 3.15. The number of nitrogens with zero attached hydrogens (tertiary/aromatic N) is 1. The Hall–Kier alpha value is -2.36. The molecule has 1 atom stereocenters. The van der Waals surface area contributed by atoms with Crippen LogP contribution in [-0.2, 0) is 6.42 Å². The van der Waals surface area contributed by atoms with E-state index in [1.165, 1.54) is 5.56 Å². The maximum Gasteiger partial charge on any atom is 0.319 e. The van der Waals surface area contributed by atoms with Crippen molar-refractivity contribution in [2.45, 2.75) is 26.3 Å². The van der Waals surface area contributed by atoms with E-state index in [9.17, 15) is 4.79 Å². The highest BCUT2D eigenvalue weighted by Crippen LogP contribution is 2.13. The number of aromatic nitrogens is 1. The van der Waals surface area contributed by atoms with Crippen LogP contribution in [0.25, 0.3) is 0 Å². The van der Waals surface area contributed by atoms with Gasteiger partial charge in [-0.05, 0) is 48.7 Å². The predicted octanol–water partition coefficient (Wildman–Crippen LogP) is 3.53. The molecule has 0 aliphatic heterocycles. The fourth-order valence-corrected chi connectivity index (χ4v) is 1.97. The van der Waals surface area contributed by atoms with Gasteiger partial charge in [-0.1, -0.05) is 19.1 Å². The summed E-state index contributed by atoms with van der Waals surface area (Å²) in [6.07, 6.45) is 4.39. The standard InChI is InChI=1S/C16H19N3O/c1-3-13-5-4-6-15(11-13)19-16(20)18-12(2)14-7-9-17-10-8-14/h4-12H,3H2,1-2H3,(H2,18,19,20)/t12-/m1/s1. The second-order valence-electron chi connectivity index (χ2n) is 4.65. The molecule has 20 heavy (non-hydrogen) atoms. The zero-order chi connectivity index (χ0) is 14.4. The summed E-state index contributed by atoms with van der Waals surface area (Å²) in [5.74, 6) is 0. The van der Waals surface area contributed by atoms with E-state index in [1.807, 2.05) is 43.3 Å². The molecule has 2 N–H and O–H groups in total. The summed E-state index contributed by atoms with van der Waals surface area (Å²) >= 11 is 0. The molecule has 0 unspecified atom stereocenters. The Balaban J connectivity index is 1.95. The Morgan fingerprint density at radius 2 is 2.00 bits per heavy atom. The molecule has 2 aromatic rings. The van der Waals surface area contributed by atoms with Gasteiger partial charge >= 0.3 is 6.03 Å². The summed E-state index contributed by atoms with van der Waals surface area (Å²) in [6, 6.07) is 11.4. The molecule has 0 saturated carbocycles. The van der Waals surface area contributed by atoms with Crippen molar-refractivity contribution in [2.24, 2.45) is 0 Å². The van der Waals surface area contributed by atoms with Crippen molar-refractivity contribution in [3.05, 3.63) is 59.9 Å². The van der Waals surface area contributed by atoms with Gasteiger partial charge in [-0.2, -0.15) is 0 Å². The van der Waals surface area contributed by atoms with E-state index >= 15 is 0 Å². The maximum absolute atomic E-state index is 12.0. The number of pyridine rings is 1. The van der Waals surface area contributed by atoms with E-state index in [0.29, 0.717) is 0 Å². The second kappa shape index (κ2) is 6.70. The lowest BCUT2D eigenvalue weighted by Crippen LogP contribution is -2.31. The van der Waals surface area contributed by atoms with E-state index in [2.05, 4.69) is 22.5 Å². The number of hydrogen-bond acceptors (Lipinski definition) is 2. The zero-order valence-electron chi connectivity index (χ0n) is 11.8. The van der Waals surface area contributed by atoms with Gasteiger partial charge in [0, 0.05) is 18.1 Å². The number of amides is 2. The maximum atomic E-state index is 12.0. The van der Waals surface area contributed by atoms with Crippen molar-refractivity contribution in [1.82, 2.24) is 10.3 Å². The van der Waals surface area contributed by atoms with Crippen LogP contribution in [0.1, 0.15) is 31.0 Å². The number of anilines is 1. The molecule has 0 spiro atoms. The largest absolute Gasteiger partial charge is 0.331 e. The highest BCUT2D eigenvalue weighted by Gasteiger charge is 2.09. The van der Waals surface area contributed by atoms with E-state index < -0.39 is 0 Å². The number of benzene rings is 1. The Bertz CT molecular complexity index is 569. The Kier molecular flexibility index (Phi) is 4.71. The highest BCUT2D eigenvalue weighted by atomic mass is 16.2. The van der Waals surface area contributed by atoms with Gasteiger partial charge in [0.1, 0.15) is 0 Å². The minimum Gasteiger partial charge on any atom is -0.331 e. The molecular formula is C16H19N3O. The van der Waals surface area contributed by atoms with Gasteiger partial charge in [-0.25, -0.2) is 4.79 Å². The van der Waals surface area contributed by atoms with Crippen LogP contribution < -0.4 is 10.6 Å². The molecular weight excluding hydrogens is 250 g/mol. The van der Waals surface area contributed by atoms with E-state index in [4.69, 9.17) is 0 Å². The minimum absolute atomic E-state index is 0.0626. The average Bonchev–Trinajstić information content (AvgIpc) is 2.48. The number of carbonyl (C=O) groups excluding carboxylic acids is 1. The molecule has 104 valence electrons. The molecule has 0 saturated heterocycles. The molecule has 2 amide bonds. The minimum atomic E-state index is -0.206. The summed E-state index contributed by atoms with van der Waals surface area (Å²) in [5.41, 5.74) is 3.03. The SMILES string of the molecule is CCc1cccc(NC(=O)N[C@H](C)c2ccncc2)c1. The molecule has 1 aromatic heterocycles. The molecule has 2 rings (SSSR count). The van der Waals surface area contributed by atoms with Crippen molar-refractivity contribution in [1.29, 1.82) is 0 Å². The normalized spacial score (nSPS) is 11.7. The molecule has 1 heterocycles. The molecule has 0 fully saturated rings. The van der Waals surface area contributed by atoms with Crippen LogP contribution in [0.5, 0.6) is 0 Å². The summed E-state index contributed by atoms with van der Waals surface area (Å²) < 4.78 is 0. The van der Waals surface area contributed by atoms with Crippen molar-refractivity contribution in [3.63, 3.8) is 0 Å². The average molecular weight is 269 g/mol. The summed E-state index contributed by atoms with van der Waals surface area (Å²) in [5, 5.41) is 5.76. The van der Waals surface area contributed by atoms with Crippen molar-refractivity contribution in [3.8, 4) is 0 Å². The first-order valence-electron chi connectivity index (χ1n) is 6.75. The van der Waals surface area contributed by atoms with Crippen molar-refractivity contribution < 1.29 is 4.79 Å². The van der Waals surface area contributed by atoms with Crippen LogP contribution in [0.4, 0.5) is 10.5 Å². The van der Waals surface area contributed by atoms with Crippen LogP contribution in [0, 0.1) is 0 Å². The number of nitrogens with one attached hydrogen (secondary N) is 2. The number of carbonyl (C=O) groups is 1. The quantitative estimate of drug-likeness (QED) is 0.892. The fraction of sp³-hybridized carbons (Fsp3) is 0.250. The molecule has 0 radical (unpaired) electrons. The van der Waals surface area contributed by atoms with Gasteiger partial charge in [0.2, 0.25) is 0 Å². The lowest BCUT2D eigenvalue weighted by molar-refractivity contribution is 0.249. The third-order valence-corrected chi connectivity index (χ3v) is 3.15. The summed E-state index contributed by atoms with van der Waals surface area (Å²) in [4.78, 5) is 15.9. The lowest BCUT2D eigenvalue weighted by Gasteiger charge is -2.15. The first-order chi connectivity index (χ1) is 9.69. The second-order valence-corrected chi connectivity index (χ2v) is 4.65. The third kappa shape index (κ3) is 3.82. The molecule has 4 nitrogen and oxygen atoms in total. The molecule has 0 bridgehead atoms. The fourth-order valence-electron chi connectivity index (χ4n) is 1.97. The lowest BCUT2D eigenvalue weighted by atomic mass is 10.1. The Morgan fingerprint density at radius 3 is 2.70 bits per heavy atom. The molecule has 4 heteroatoms. The van der Waals surface area contributed by atoms with E-state index in [-0.39, 0.29) is 12.1 Å². The van der Waals surface area contributed by atoms with Gasteiger partial charge in [-0.3, -0.25) is 4.98 Å². The van der Waals surface area contributed by atoms with Crippen LogP contribution >= 0.6 is 0 Å². The summed E-state index contributed by atoms with van der Waals surface area (Å²) in [6.45, 7) is 4.03. The van der Waals surface area contributed by atoms with Gasteiger partial charge in [0.25, 0.3) is 0 Å². The molecule has 0 aliphatic rings. The first kappa shape index (κ1) is 14.1. The van der Waals surface area contributed by atoms with Gasteiger partial charge in [0.05, 0.1) is 6.04 Å². The van der Waals surface area contributed by atoms with E-state index in [1.54, 1.807) is 12.4 Å². The van der Waals surface area contributed by atoms with Gasteiger partial charge < -0.3 is 10.6 Å². The smallest absolute Gasteiger partial charge is 0.319 e. The number of aryl methyl sites for hydroxylation is 1.